The maximum Gasteiger partial charge on any atom is 0.261 e. The van der Waals surface area contributed by atoms with E-state index in [0.717, 1.165) is 11.2 Å². The van der Waals surface area contributed by atoms with Crippen LogP contribution in [0.1, 0.15) is 32.0 Å². The Morgan fingerprint density at radius 3 is 2.50 bits per heavy atom. The zero-order chi connectivity index (χ0) is 21.5. The van der Waals surface area contributed by atoms with Crippen molar-refractivity contribution in [2.45, 2.75) is 45.8 Å². The summed E-state index contributed by atoms with van der Waals surface area (Å²) in [7, 11) is 0. The van der Waals surface area contributed by atoms with Gasteiger partial charge in [0.15, 0.2) is 0 Å². The molecule has 1 atom stereocenters. The van der Waals surface area contributed by atoms with E-state index >= 15 is 0 Å². The van der Waals surface area contributed by atoms with Crippen LogP contribution in [-0.2, 0) is 12.0 Å². The number of aliphatic hydroxyl groups excluding tert-OH is 1. The van der Waals surface area contributed by atoms with Crippen LogP contribution in [0.5, 0.6) is 5.75 Å². The van der Waals surface area contributed by atoms with E-state index in [1.54, 1.807) is 15.1 Å². The third-order valence-electron chi connectivity index (χ3n) is 5.25. The number of aryl methyl sites for hydroxylation is 1. The van der Waals surface area contributed by atoms with E-state index in [-0.39, 0.29) is 24.1 Å². The first-order chi connectivity index (χ1) is 14.2. The fourth-order valence-electron chi connectivity index (χ4n) is 3.63. The average molecular weight is 405 g/mol. The van der Waals surface area contributed by atoms with Crippen LogP contribution in [0.2, 0.25) is 0 Å². The summed E-state index contributed by atoms with van der Waals surface area (Å²) in [5.74, 6) is 0.693. The smallest absolute Gasteiger partial charge is 0.261 e. The number of fused-ring (bicyclic) bond motifs is 3. The Hall–Kier alpha value is -3.12. The van der Waals surface area contributed by atoms with Gasteiger partial charge in [0.2, 0.25) is 0 Å². The summed E-state index contributed by atoms with van der Waals surface area (Å²) < 4.78 is 9.09. The normalized spacial score (nSPS) is 13.1. The van der Waals surface area contributed by atoms with Gasteiger partial charge in [0.05, 0.1) is 23.1 Å². The predicted molar refractivity (Wildman–Crippen MR) is 118 cm³/mol. The fourth-order valence-corrected chi connectivity index (χ4v) is 3.63. The van der Waals surface area contributed by atoms with E-state index in [4.69, 9.17) is 4.74 Å². The molecule has 0 saturated heterocycles. The van der Waals surface area contributed by atoms with Gasteiger partial charge >= 0.3 is 0 Å². The molecule has 2 aromatic carbocycles. The fraction of sp³-hybridized carbons (Fsp3) is 0.333. The van der Waals surface area contributed by atoms with Crippen molar-refractivity contribution in [3.8, 4) is 5.75 Å². The Morgan fingerprint density at radius 2 is 1.80 bits per heavy atom. The number of hydrogen-bond donors (Lipinski definition) is 1. The third-order valence-corrected chi connectivity index (χ3v) is 5.25. The topological polar surface area (TPSA) is 68.8 Å². The summed E-state index contributed by atoms with van der Waals surface area (Å²) in [5.41, 5.74) is 3.37. The van der Waals surface area contributed by atoms with Crippen LogP contribution in [0.25, 0.3) is 16.6 Å². The van der Waals surface area contributed by atoms with E-state index < -0.39 is 6.10 Å². The largest absolute Gasteiger partial charge is 0.491 e. The molecule has 0 bridgehead atoms. The third kappa shape index (κ3) is 3.83. The van der Waals surface area contributed by atoms with E-state index in [2.05, 4.69) is 25.9 Å². The average Bonchev–Trinajstić information content (AvgIpc) is 3.11. The summed E-state index contributed by atoms with van der Waals surface area (Å²) in [6.45, 7) is 8.58. The van der Waals surface area contributed by atoms with Crippen LogP contribution in [0.4, 0.5) is 0 Å². The number of aliphatic hydroxyl groups is 1. The maximum absolute atomic E-state index is 13.1. The van der Waals surface area contributed by atoms with Gasteiger partial charge in [-0.2, -0.15) is 5.10 Å². The van der Waals surface area contributed by atoms with Crippen LogP contribution in [0.3, 0.4) is 0 Å². The summed E-state index contributed by atoms with van der Waals surface area (Å²) in [6.07, 6.45) is -0.842. The van der Waals surface area contributed by atoms with Crippen molar-refractivity contribution in [3.05, 3.63) is 76.2 Å². The van der Waals surface area contributed by atoms with Crippen molar-refractivity contribution in [3.63, 3.8) is 0 Å². The molecule has 30 heavy (non-hydrogen) atoms. The Morgan fingerprint density at radius 1 is 1.10 bits per heavy atom. The van der Waals surface area contributed by atoms with Crippen LogP contribution < -0.4 is 10.3 Å². The highest BCUT2D eigenvalue weighted by Gasteiger charge is 2.16. The highest BCUT2D eigenvalue weighted by molar-refractivity contribution is 5.80. The number of rotatable bonds is 5. The summed E-state index contributed by atoms with van der Waals surface area (Å²) in [4.78, 5) is 13.1. The zero-order valence-electron chi connectivity index (χ0n) is 17.8. The molecular weight excluding hydrogens is 378 g/mol. The Bertz CT molecular complexity index is 1250. The second kappa shape index (κ2) is 7.61. The lowest BCUT2D eigenvalue weighted by molar-refractivity contribution is 0.0925. The number of para-hydroxylation sites is 1. The first kappa shape index (κ1) is 20.2. The van der Waals surface area contributed by atoms with Crippen molar-refractivity contribution < 1.29 is 9.84 Å². The lowest BCUT2D eigenvalue weighted by Gasteiger charge is -2.19. The van der Waals surface area contributed by atoms with Gasteiger partial charge in [0.25, 0.3) is 5.56 Å². The minimum absolute atomic E-state index is 0.0735. The molecule has 4 aromatic rings. The van der Waals surface area contributed by atoms with Gasteiger partial charge in [0.1, 0.15) is 24.1 Å². The first-order valence-corrected chi connectivity index (χ1v) is 10.1. The molecule has 0 aliphatic heterocycles. The molecule has 1 N–H and O–H groups in total. The standard InChI is InChI=1S/C24H27N3O3/c1-16-13-22-26(23(29)20-7-5-6-8-21(20)27(22)25-16)14-18(28)15-30-19-11-9-17(10-12-19)24(2,3)4/h5-13,18,28H,14-15H2,1-4H3. The zero-order valence-corrected chi connectivity index (χ0v) is 17.8. The lowest BCUT2D eigenvalue weighted by Crippen LogP contribution is -2.31. The Kier molecular flexibility index (Phi) is 5.12. The number of aromatic nitrogens is 3. The molecule has 0 spiro atoms. The van der Waals surface area contributed by atoms with Gasteiger partial charge in [0, 0.05) is 6.07 Å². The van der Waals surface area contributed by atoms with Crippen molar-refractivity contribution >= 4 is 16.6 Å². The molecular formula is C24H27N3O3. The molecule has 6 heteroatoms. The van der Waals surface area contributed by atoms with E-state index in [9.17, 15) is 9.90 Å². The van der Waals surface area contributed by atoms with Crippen LogP contribution in [0.15, 0.2) is 59.4 Å². The molecule has 0 aliphatic carbocycles. The molecule has 4 rings (SSSR count). The molecule has 0 amide bonds. The van der Waals surface area contributed by atoms with E-state index in [1.807, 2.05) is 55.5 Å². The minimum atomic E-state index is -0.842. The molecule has 6 nitrogen and oxygen atoms in total. The number of ether oxygens (including phenoxy) is 1. The summed E-state index contributed by atoms with van der Waals surface area (Å²) >= 11 is 0. The summed E-state index contributed by atoms with van der Waals surface area (Å²) in [6, 6.07) is 17.1. The van der Waals surface area contributed by atoms with E-state index in [0.29, 0.717) is 16.8 Å². The lowest BCUT2D eigenvalue weighted by atomic mass is 9.87. The van der Waals surface area contributed by atoms with Gasteiger partial charge in [-0.1, -0.05) is 45.0 Å². The predicted octanol–water partition coefficient (Wildman–Crippen LogP) is 3.70. The van der Waals surface area contributed by atoms with Gasteiger partial charge in [-0.05, 0) is 42.2 Å². The van der Waals surface area contributed by atoms with Gasteiger partial charge in [-0.25, -0.2) is 4.52 Å². The van der Waals surface area contributed by atoms with Crippen molar-refractivity contribution in [2.24, 2.45) is 0 Å². The minimum Gasteiger partial charge on any atom is -0.491 e. The second-order valence-corrected chi connectivity index (χ2v) is 8.73. The Labute approximate surface area is 175 Å². The molecule has 0 radical (unpaired) electrons. The van der Waals surface area contributed by atoms with Gasteiger partial charge < -0.3 is 9.84 Å². The molecule has 0 fully saturated rings. The van der Waals surface area contributed by atoms with Crippen molar-refractivity contribution in [1.82, 2.24) is 14.2 Å². The summed E-state index contributed by atoms with van der Waals surface area (Å²) in [5, 5.41) is 15.7. The maximum atomic E-state index is 13.1. The van der Waals surface area contributed by atoms with E-state index in [1.165, 1.54) is 5.56 Å². The van der Waals surface area contributed by atoms with Crippen molar-refractivity contribution in [1.29, 1.82) is 0 Å². The van der Waals surface area contributed by atoms with Crippen LogP contribution >= 0.6 is 0 Å². The second-order valence-electron chi connectivity index (χ2n) is 8.73. The van der Waals surface area contributed by atoms with Crippen LogP contribution in [0, 0.1) is 6.92 Å². The SMILES string of the molecule is Cc1cc2n(CC(O)COc3ccc(C(C)(C)C)cc3)c(=O)c3ccccc3n2n1. The molecule has 2 aromatic heterocycles. The van der Waals surface area contributed by atoms with Gasteiger partial charge in [-0.3, -0.25) is 9.36 Å². The van der Waals surface area contributed by atoms with Gasteiger partial charge in [-0.15, -0.1) is 0 Å². The Balaban J connectivity index is 1.56. The molecule has 156 valence electrons. The quantitative estimate of drug-likeness (QED) is 0.550. The molecule has 2 heterocycles. The number of hydrogen-bond acceptors (Lipinski definition) is 4. The monoisotopic (exact) mass is 405 g/mol. The highest BCUT2D eigenvalue weighted by Crippen LogP contribution is 2.24. The molecule has 0 aliphatic rings. The van der Waals surface area contributed by atoms with Crippen molar-refractivity contribution in [2.75, 3.05) is 6.61 Å². The first-order valence-electron chi connectivity index (χ1n) is 10.1. The number of benzene rings is 2. The molecule has 1 unspecified atom stereocenters. The van der Waals surface area contributed by atoms with Crippen LogP contribution in [-0.4, -0.2) is 32.0 Å². The highest BCUT2D eigenvalue weighted by atomic mass is 16.5. The molecule has 0 saturated carbocycles. The number of nitrogens with zero attached hydrogens (tertiary/aromatic N) is 3.